The highest BCUT2D eigenvalue weighted by atomic mass is 16.4. The van der Waals surface area contributed by atoms with E-state index >= 15 is 0 Å². The first kappa shape index (κ1) is 12.4. The van der Waals surface area contributed by atoms with E-state index in [0.29, 0.717) is 12.8 Å². The Balaban J connectivity index is 1.80. The summed E-state index contributed by atoms with van der Waals surface area (Å²) in [5.74, 6) is -0.821. The Hall–Kier alpha value is -1.10. The molecule has 5 nitrogen and oxygen atoms in total. The number of hydrogen-bond donors (Lipinski definition) is 3. The zero-order valence-electron chi connectivity index (χ0n) is 10.00. The topological polar surface area (TPSA) is 78.4 Å². The summed E-state index contributed by atoms with van der Waals surface area (Å²) in [5.41, 5.74) is -0.690. The van der Waals surface area contributed by atoms with Crippen molar-refractivity contribution in [2.75, 3.05) is 13.1 Å². The Kier molecular flexibility index (Phi) is 3.66. The summed E-state index contributed by atoms with van der Waals surface area (Å²) in [6.07, 6.45) is 5.34. The van der Waals surface area contributed by atoms with E-state index in [1.54, 1.807) is 0 Å². The van der Waals surface area contributed by atoms with Gasteiger partial charge >= 0.3 is 5.97 Å². The molecule has 0 radical (unpaired) electrons. The molecule has 0 aromatic rings. The molecule has 1 atom stereocenters. The average molecular weight is 240 g/mol. The largest absolute Gasteiger partial charge is 0.481 e. The molecule has 3 N–H and O–H groups in total. The van der Waals surface area contributed by atoms with Gasteiger partial charge in [-0.1, -0.05) is 12.8 Å². The van der Waals surface area contributed by atoms with Crippen LogP contribution >= 0.6 is 0 Å². The van der Waals surface area contributed by atoms with Gasteiger partial charge in [-0.25, -0.2) is 0 Å². The minimum absolute atomic E-state index is 0.0442. The third-order valence-corrected chi connectivity index (χ3v) is 3.99. The van der Waals surface area contributed by atoms with Gasteiger partial charge in [0.25, 0.3) is 0 Å². The molecule has 2 aliphatic rings. The Morgan fingerprint density at radius 2 is 2.06 bits per heavy atom. The maximum Gasteiger partial charge on any atom is 0.311 e. The number of rotatable bonds is 4. The number of carbonyl (C=O) groups excluding carboxylic acids is 1. The normalized spacial score (nSPS) is 26.9. The number of carboxylic acids is 1. The van der Waals surface area contributed by atoms with Crippen molar-refractivity contribution in [1.82, 2.24) is 10.6 Å². The van der Waals surface area contributed by atoms with Gasteiger partial charge in [0.2, 0.25) is 5.91 Å². The molecule has 96 valence electrons. The quantitative estimate of drug-likeness (QED) is 0.668. The van der Waals surface area contributed by atoms with Crippen LogP contribution in [-0.4, -0.2) is 36.1 Å². The van der Waals surface area contributed by atoms with Crippen LogP contribution < -0.4 is 10.6 Å². The van der Waals surface area contributed by atoms with Gasteiger partial charge in [-0.3, -0.25) is 9.59 Å². The Morgan fingerprint density at radius 1 is 1.29 bits per heavy atom. The standard InChI is InChI=1S/C12H20N2O3/c15-10(9-4-1-2-7-13-9)14-8-12(11(16)17)5-3-6-12/h9,13H,1-8H2,(H,14,15)(H,16,17)/t9-/m1/s1. The summed E-state index contributed by atoms with van der Waals surface area (Å²) in [6.45, 7) is 1.15. The second kappa shape index (κ2) is 5.04. The molecular weight excluding hydrogens is 220 g/mol. The first-order valence-electron chi connectivity index (χ1n) is 6.39. The monoisotopic (exact) mass is 240 g/mol. The van der Waals surface area contributed by atoms with Crippen molar-refractivity contribution in [1.29, 1.82) is 0 Å². The molecule has 1 aliphatic carbocycles. The van der Waals surface area contributed by atoms with Gasteiger partial charge in [-0.15, -0.1) is 0 Å². The molecule has 2 fully saturated rings. The van der Waals surface area contributed by atoms with Crippen molar-refractivity contribution >= 4 is 11.9 Å². The highest BCUT2D eigenvalue weighted by molar-refractivity contribution is 5.83. The fourth-order valence-electron chi connectivity index (χ4n) is 2.52. The lowest BCUT2D eigenvalue weighted by Crippen LogP contribution is -2.52. The average Bonchev–Trinajstić information content (AvgIpc) is 2.28. The van der Waals surface area contributed by atoms with Gasteiger partial charge in [-0.2, -0.15) is 0 Å². The van der Waals surface area contributed by atoms with Crippen LogP contribution in [0.15, 0.2) is 0 Å². The van der Waals surface area contributed by atoms with E-state index in [1.165, 1.54) is 0 Å². The molecule has 1 saturated heterocycles. The van der Waals surface area contributed by atoms with Gasteiger partial charge in [-0.05, 0) is 32.2 Å². The molecular formula is C12H20N2O3. The summed E-state index contributed by atoms with van der Waals surface area (Å²) < 4.78 is 0. The minimum atomic E-state index is -0.777. The maximum absolute atomic E-state index is 11.8. The molecule has 1 heterocycles. The molecule has 0 aromatic heterocycles. The zero-order chi connectivity index (χ0) is 12.3. The second-order valence-electron chi connectivity index (χ2n) is 5.16. The van der Waals surface area contributed by atoms with Gasteiger partial charge in [0.15, 0.2) is 0 Å². The van der Waals surface area contributed by atoms with Gasteiger partial charge in [0.05, 0.1) is 11.5 Å². The number of nitrogens with one attached hydrogen (secondary N) is 2. The zero-order valence-corrected chi connectivity index (χ0v) is 10.00. The van der Waals surface area contributed by atoms with Crippen LogP contribution in [0.4, 0.5) is 0 Å². The van der Waals surface area contributed by atoms with Gasteiger partial charge in [0, 0.05) is 6.54 Å². The molecule has 1 amide bonds. The molecule has 0 bridgehead atoms. The molecule has 1 saturated carbocycles. The van der Waals surface area contributed by atoms with Crippen LogP contribution in [0, 0.1) is 5.41 Å². The van der Waals surface area contributed by atoms with Crippen molar-refractivity contribution in [3.05, 3.63) is 0 Å². The van der Waals surface area contributed by atoms with E-state index < -0.39 is 11.4 Å². The molecule has 0 aromatic carbocycles. The Labute approximate surface area is 101 Å². The molecule has 5 heteroatoms. The molecule has 2 rings (SSSR count). The summed E-state index contributed by atoms with van der Waals surface area (Å²) >= 11 is 0. The third kappa shape index (κ3) is 2.60. The van der Waals surface area contributed by atoms with Crippen LogP contribution in [0.25, 0.3) is 0 Å². The molecule has 0 unspecified atom stereocenters. The predicted octanol–water partition coefficient (Wildman–Crippen LogP) is 0.500. The van der Waals surface area contributed by atoms with E-state index in [4.69, 9.17) is 5.11 Å². The lowest BCUT2D eigenvalue weighted by atomic mass is 9.69. The summed E-state index contributed by atoms with van der Waals surface area (Å²) in [4.78, 5) is 23.0. The number of piperidine rings is 1. The third-order valence-electron chi connectivity index (χ3n) is 3.99. The molecule has 17 heavy (non-hydrogen) atoms. The van der Waals surface area contributed by atoms with E-state index in [9.17, 15) is 9.59 Å². The first-order chi connectivity index (χ1) is 8.14. The fraction of sp³-hybridized carbons (Fsp3) is 0.833. The van der Waals surface area contributed by atoms with Crippen molar-refractivity contribution in [3.63, 3.8) is 0 Å². The second-order valence-corrected chi connectivity index (χ2v) is 5.16. The summed E-state index contributed by atoms with van der Waals surface area (Å²) in [5, 5.41) is 15.1. The lowest BCUT2D eigenvalue weighted by molar-refractivity contribution is -0.154. The summed E-state index contributed by atoms with van der Waals surface area (Å²) in [6, 6.07) is -0.130. The fourth-order valence-corrected chi connectivity index (χ4v) is 2.52. The first-order valence-corrected chi connectivity index (χ1v) is 6.39. The van der Waals surface area contributed by atoms with Crippen molar-refractivity contribution in [2.45, 2.75) is 44.6 Å². The number of amides is 1. The number of hydrogen-bond acceptors (Lipinski definition) is 3. The van der Waals surface area contributed by atoms with Crippen LogP contribution in [0.1, 0.15) is 38.5 Å². The van der Waals surface area contributed by atoms with Crippen LogP contribution in [0.2, 0.25) is 0 Å². The summed E-state index contributed by atoms with van der Waals surface area (Å²) in [7, 11) is 0. The van der Waals surface area contributed by atoms with Crippen molar-refractivity contribution in [2.24, 2.45) is 5.41 Å². The highest BCUT2D eigenvalue weighted by Gasteiger charge is 2.44. The smallest absolute Gasteiger partial charge is 0.311 e. The van der Waals surface area contributed by atoms with Crippen molar-refractivity contribution < 1.29 is 14.7 Å². The Morgan fingerprint density at radius 3 is 2.53 bits per heavy atom. The predicted molar refractivity (Wildman–Crippen MR) is 62.6 cm³/mol. The Bertz CT molecular complexity index is 307. The lowest BCUT2D eigenvalue weighted by Gasteiger charge is -2.38. The van der Waals surface area contributed by atoms with Gasteiger partial charge < -0.3 is 15.7 Å². The number of carbonyl (C=O) groups is 2. The van der Waals surface area contributed by atoms with Crippen LogP contribution in [-0.2, 0) is 9.59 Å². The minimum Gasteiger partial charge on any atom is -0.481 e. The molecule has 0 spiro atoms. The van der Waals surface area contributed by atoms with Crippen LogP contribution in [0.3, 0.4) is 0 Å². The van der Waals surface area contributed by atoms with E-state index in [1.807, 2.05) is 0 Å². The SMILES string of the molecule is O=C(NCC1(C(=O)O)CCC1)[C@H]1CCCCN1. The number of carboxylic acid groups (broad SMARTS) is 1. The van der Waals surface area contributed by atoms with E-state index in [2.05, 4.69) is 10.6 Å². The van der Waals surface area contributed by atoms with E-state index in [0.717, 1.165) is 32.2 Å². The van der Waals surface area contributed by atoms with Gasteiger partial charge in [0.1, 0.15) is 0 Å². The maximum atomic E-state index is 11.8. The highest BCUT2D eigenvalue weighted by Crippen LogP contribution is 2.40. The van der Waals surface area contributed by atoms with E-state index in [-0.39, 0.29) is 18.5 Å². The van der Waals surface area contributed by atoms with Crippen LogP contribution in [0.5, 0.6) is 0 Å². The number of aliphatic carboxylic acids is 1. The van der Waals surface area contributed by atoms with Crippen molar-refractivity contribution in [3.8, 4) is 0 Å². The molecule has 1 aliphatic heterocycles.